The van der Waals surface area contributed by atoms with Gasteiger partial charge in [0.25, 0.3) is 0 Å². The number of aliphatic hydroxyl groups is 1. The summed E-state index contributed by atoms with van der Waals surface area (Å²) in [6.07, 6.45) is 3.87. The molecule has 21 heavy (non-hydrogen) atoms. The summed E-state index contributed by atoms with van der Waals surface area (Å²) in [5.41, 5.74) is 0. The summed E-state index contributed by atoms with van der Waals surface area (Å²) in [5.74, 6) is 0.882. The van der Waals surface area contributed by atoms with Gasteiger partial charge >= 0.3 is 0 Å². The van der Waals surface area contributed by atoms with Crippen LogP contribution in [0.4, 0.5) is 0 Å². The van der Waals surface area contributed by atoms with E-state index in [1.54, 1.807) is 0 Å². The molecule has 5 nitrogen and oxygen atoms in total. The summed E-state index contributed by atoms with van der Waals surface area (Å²) < 4.78 is 0. The quantitative estimate of drug-likeness (QED) is 0.805. The zero-order valence-electron chi connectivity index (χ0n) is 14.0. The van der Waals surface area contributed by atoms with Crippen molar-refractivity contribution >= 4 is 6.79 Å². The second kappa shape index (κ2) is 14.4. The van der Waals surface area contributed by atoms with Gasteiger partial charge in [-0.25, -0.2) is 0 Å². The molecule has 5 heteroatoms. The first-order valence-electron chi connectivity index (χ1n) is 8.35. The van der Waals surface area contributed by atoms with E-state index >= 15 is 0 Å². The van der Waals surface area contributed by atoms with E-state index in [0.29, 0.717) is 6.61 Å². The SMILES string of the molecule is C=O.CCC.OCCN1CCC(CN2CCNCC2)CC1. The Morgan fingerprint density at radius 1 is 1.05 bits per heavy atom. The van der Waals surface area contributed by atoms with Crippen LogP contribution in [0.5, 0.6) is 0 Å². The number of piperazine rings is 1. The highest BCUT2D eigenvalue weighted by atomic mass is 16.3. The third-order valence-corrected chi connectivity index (χ3v) is 3.85. The van der Waals surface area contributed by atoms with E-state index in [-0.39, 0.29) is 0 Å². The van der Waals surface area contributed by atoms with Crippen molar-refractivity contribution in [1.82, 2.24) is 15.1 Å². The highest BCUT2D eigenvalue weighted by molar-refractivity contribution is 5.11. The fourth-order valence-electron chi connectivity index (χ4n) is 2.79. The van der Waals surface area contributed by atoms with Crippen LogP contribution in [0.2, 0.25) is 0 Å². The first kappa shape index (κ1) is 20.5. The van der Waals surface area contributed by atoms with Crippen LogP contribution >= 0.6 is 0 Å². The molecular formula is C16H35N3O2. The van der Waals surface area contributed by atoms with Crippen LogP contribution in [0, 0.1) is 5.92 Å². The van der Waals surface area contributed by atoms with Gasteiger partial charge < -0.3 is 25.0 Å². The Morgan fingerprint density at radius 3 is 2.05 bits per heavy atom. The van der Waals surface area contributed by atoms with Crippen molar-refractivity contribution in [3.8, 4) is 0 Å². The van der Waals surface area contributed by atoms with E-state index in [4.69, 9.17) is 9.90 Å². The van der Waals surface area contributed by atoms with Gasteiger partial charge in [0.05, 0.1) is 6.61 Å². The normalized spacial score (nSPS) is 20.9. The number of hydrogen-bond acceptors (Lipinski definition) is 5. The van der Waals surface area contributed by atoms with Crippen molar-refractivity contribution in [3.05, 3.63) is 0 Å². The maximum Gasteiger partial charge on any atom is 0.106 e. The molecule has 0 radical (unpaired) electrons. The molecule has 2 heterocycles. The highest BCUT2D eigenvalue weighted by Gasteiger charge is 2.21. The van der Waals surface area contributed by atoms with E-state index in [1.807, 2.05) is 6.79 Å². The molecule has 2 rings (SSSR count). The van der Waals surface area contributed by atoms with Crippen LogP contribution in [0.3, 0.4) is 0 Å². The summed E-state index contributed by atoms with van der Waals surface area (Å²) >= 11 is 0. The van der Waals surface area contributed by atoms with E-state index in [9.17, 15) is 0 Å². The van der Waals surface area contributed by atoms with E-state index < -0.39 is 0 Å². The average Bonchev–Trinajstić information content (AvgIpc) is 2.53. The first-order chi connectivity index (χ1) is 10.3. The van der Waals surface area contributed by atoms with Gasteiger partial charge in [0.2, 0.25) is 0 Å². The molecular weight excluding hydrogens is 266 g/mol. The second-order valence-corrected chi connectivity index (χ2v) is 5.77. The van der Waals surface area contributed by atoms with Gasteiger partial charge in [-0.05, 0) is 31.8 Å². The molecule has 126 valence electrons. The van der Waals surface area contributed by atoms with Crippen molar-refractivity contribution in [2.75, 3.05) is 59.0 Å². The van der Waals surface area contributed by atoms with Crippen LogP contribution in [-0.2, 0) is 4.79 Å². The standard InChI is InChI=1S/C12H25N3O.C3H8.CH2O/c16-10-9-14-5-1-12(2-6-14)11-15-7-3-13-4-8-15;1-3-2;1-2/h12-13,16H,1-11H2;3H2,1-2H3;1H2. The number of piperidine rings is 1. The maximum absolute atomic E-state index is 8.89. The van der Waals surface area contributed by atoms with Crippen molar-refractivity contribution in [3.63, 3.8) is 0 Å². The van der Waals surface area contributed by atoms with Gasteiger partial charge in [-0.15, -0.1) is 0 Å². The molecule has 0 aromatic rings. The molecule has 0 amide bonds. The molecule has 0 aliphatic carbocycles. The van der Waals surface area contributed by atoms with Crippen molar-refractivity contribution in [2.45, 2.75) is 33.1 Å². The average molecular weight is 301 g/mol. The van der Waals surface area contributed by atoms with Crippen LogP contribution in [0.25, 0.3) is 0 Å². The molecule has 2 N–H and O–H groups in total. The number of β-amino-alcohol motifs (C(OH)–C–C–N with tert-alkyl or cyclic N) is 1. The van der Waals surface area contributed by atoms with Crippen LogP contribution in [0.15, 0.2) is 0 Å². The van der Waals surface area contributed by atoms with Crippen LogP contribution < -0.4 is 5.32 Å². The number of likely N-dealkylation sites (tertiary alicyclic amines) is 1. The highest BCUT2D eigenvalue weighted by Crippen LogP contribution is 2.18. The molecule has 0 unspecified atom stereocenters. The summed E-state index contributed by atoms with van der Waals surface area (Å²) in [5, 5.41) is 12.3. The van der Waals surface area contributed by atoms with E-state index in [0.717, 1.165) is 25.6 Å². The van der Waals surface area contributed by atoms with Gasteiger partial charge in [0, 0.05) is 39.3 Å². The maximum atomic E-state index is 8.89. The van der Waals surface area contributed by atoms with E-state index in [1.165, 1.54) is 52.0 Å². The zero-order chi connectivity index (χ0) is 15.9. The molecule has 0 atom stereocenters. The van der Waals surface area contributed by atoms with Crippen LogP contribution in [0.1, 0.15) is 33.1 Å². The number of carbonyl (C=O) groups excluding carboxylic acids is 1. The number of rotatable bonds is 4. The molecule has 0 aromatic heterocycles. The second-order valence-electron chi connectivity index (χ2n) is 5.77. The number of nitrogens with one attached hydrogen (secondary N) is 1. The summed E-state index contributed by atoms with van der Waals surface area (Å²) in [7, 11) is 0. The Bertz CT molecular complexity index is 216. The smallest absolute Gasteiger partial charge is 0.106 e. The Kier molecular flexibility index (Phi) is 14.1. The summed E-state index contributed by atoms with van der Waals surface area (Å²) in [4.78, 5) is 13.0. The predicted octanol–water partition coefficient (Wildman–Crippen LogP) is 0.827. The lowest BCUT2D eigenvalue weighted by molar-refractivity contribution is -0.0979. The first-order valence-corrected chi connectivity index (χ1v) is 8.35. The lowest BCUT2D eigenvalue weighted by Crippen LogP contribution is -2.47. The van der Waals surface area contributed by atoms with E-state index in [2.05, 4.69) is 29.0 Å². The molecule has 0 saturated carbocycles. The Labute approximate surface area is 130 Å². The summed E-state index contributed by atoms with van der Waals surface area (Å²) in [6.45, 7) is 15.8. The minimum atomic E-state index is 0.308. The molecule has 0 bridgehead atoms. The number of nitrogens with zero attached hydrogens (tertiary/aromatic N) is 2. The van der Waals surface area contributed by atoms with Crippen molar-refractivity contribution < 1.29 is 9.90 Å². The number of carbonyl (C=O) groups is 1. The molecule has 2 saturated heterocycles. The number of hydrogen-bond donors (Lipinski definition) is 2. The third kappa shape index (κ3) is 9.96. The Hall–Kier alpha value is -0.490. The zero-order valence-corrected chi connectivity index (χ0v) is 14.0. The molecule has 2 aliphatic rings. The van der Waals surface area contributed by atoms with Gasteiger partial charge in [0.15, 0.2) is 0 Å². The fraction of sp³-hybridized carbons (Fsp3) is 0.938. The Balaban J connectivity index is 0.000000713. The minimum Gasteiger partial charge on any atom is -0.395 e. The molecule has 0 aromatic carbocycles. The topological polar surface area (TPSA) is 55.8 Å². The molecule has 2 aliphatic heterocycles. The fourth-order valence-corrected chi connectivity index (χ4v) is 2.79. The molecule has 2 fully saturated rings. The lowest BCUT2D eigenvalue weighted by atomic mass is 9.96. The van der Waals surface area contributed by atoms with Gasteiger partial charge in [-0.3, -0.25) is 0 Å². The summed E-state index contributed by atoms with van der Waals surface area (Å²) in [6, 6.07) is 0. The predicted molar refractivity (Wildman–Crippen MR) is 88.6 cm³/mol. The third-order valence-electron chi connectivity index (χ3n) is 3.85. The van der Waals surface area contributed by atoms with Crippen LogP contribution in [-0.4, -0.2) is 80.7 Å². The Morgan fingerprint density at radius 2 is 1.57 bits per heavy atom. The van der Waals surface area contributed by atoms with Gasteiger partial charge in [0.1, 0.15) is 6.79 Å². The van der Waals surface area contributed by atoms with Crippen molar-refractivity contribution in [2.24, 2.45) is 5.92 Å². The lowest BCUT2D eigenvalue weighted by Gasteiger charge is -2.36. The van der Waals surface area contributed by atoms with Gasteiger partial charge in [-0.2, -0.15) is 0 Å². The minimum absolute atomic E-state index is 0.308. The number of aliphatic hydroxyl groups excluding tert-OH is 1. The largest absolute Gasteiger partial charge is 0.395 e. The van der Waals surface area contributed by atoms with Gasteiger partial charge in [-0.1, -0.05) is 20.3 Å². The van der Waals surface area contributed by atoms with Crippen molar-refractivity contribution in [1.29, 1.82) is 0 Å². The monoisotopic (exact) mass is 301 g/mol. The molecule has 0 spiro atoms.